The molecule has 0 aliphatic heterocycles. The zero-order chi connectivity index (χ0) is 14.4. The van der Waals surface area contributed by atoms with Gasteiger partial charge in [-0.1, -0.05) is 13.8 Å². The lowest BCUT2D eigenvalue weighted by atomic mass is 9.58. The van der Waals surface area contributed by atoms with Gasteiger partial charge in [-0.2, -0.15) is 0 Å². The molecule has 5 nitrogen and oxygen atoms in total. The largest absolute Gasteiger partial charge is 0.479 e. The van der Waals surface area contributed by atoms with Gasteiger partial charge in [0.15, 0.2) is 0 Å². The minimum absolute atomic E-state index is 0.0470. The molecule has 0 aromatic carbocycles. The summed E-state index contributed by atoms with van der Waals surface area (Å²) in [7, 11) is 1.50. The van der Waals surface area contributed by atoms with E-state index in [4.69, 9.17) is 4.74 Å². The van der Waals surface area contributed by atoms with Crippen LogP contribution in [0.4, 0.5) is 4.79 Å². The van der Waals surface area contributed by atoms with Crippen molar-refractivity contribution in [2.24, 2.45) is 5.41 Å². The van der Waals surface area contributed by atoms with Crippen LogP contribution in [0.2, 0.25) is 0 Å². The van der Waals surface area contributed by atoms with Crippen molar-refractivity contribution in [3.05, 3.63) is 0 Å². The number of amides is 1. The molecule has 0 aromatic rings. The highest BCUT2D eigenvalue weighted by molar-refractivity contribution is 5.85. The van der Waals surface area contributed by atoms with Crippen molar-refractivity contribution in [2.45, 2.75) is 58.6 Å². The third kappa shape index (κ3) is 2.76. The van der Waals surface area contributed by atoms with Crippen LogP contribution in [0.1, 0.15) is 47.5 Å². The lowest BCUT2D eigenvalue weighted by Crippen LogP contribution is -2.65. The first kappa shape index (κ1) is 14.8. The first-order chi connectivity index (χ1) is 7.90. The van der Waals surface area contributed by atoms with Crippen molar-refractivity contribution < 1.29 is 19.4 Å². The lowest BCUT2D eigenvalue weighted by molar-refractivity contribution is -0.166. The van der Waals surface area contributed by atoms with Crippen LogP contribution in [0.3, 0.4) is 0 Å². The van der Waals surface area contributed by atoms with E-state index in [2.05, 4.69) is 0 Å². The van der Waals surface area contributed by atoms with E-state index in [1.54, 1.807) is 20.8 Å². The summed E-state index contributed by atoms with van der Waals surface area (Å²) in [5.41, 5.74) is -1.79. The molecule has 0 unspecified atom stereocenters. The number of carboxylic acid groups (broad SMARTS) is 1. The number of rotatable bonds is 2. The Morgan fingerprint density at radius 1 is 1.22 bits per heavy atom. The van der Waals surface area contributed by atoms with E-state index in [1.165, 1.54) is 11.9 Å². The molecule has 0 aromatic heterocycles. The van der Waals surface area contributed by atoms with Gasteiger partial charge in [-0.15, -0.1) is 0 Å². The second-order valence-electron chi connectivity index (χ2n) is 6.89. The highest BCUT2D eigenvalue weighted by Gasteiger charge is 2.59. The van der Waals surface area contributed by atoms with Gasteiger partial charge in [0.25, 0.3) is 0 Å². The van der Waals surface area contributed by atoms with Crippen molar-refractivity contribution in [2.75, 3.05) is 7.05 Å². The molecule has 18 heavy (non-hydrogen) atoms. The molecule has 1 amide bonds. The molecule has 1 N–H and O–H groups in total. The Labute approximate surface area is 108 Å². The molecule has 0 radical (unpaired) electrons. The number of nitrogens with zero attached hydrogens (tertiary/aromatic N) is 1. The molecule has 0 saturated heterocycles. The molecule has 0 spiro atoms. The fourth-order valence-electron chi connectivity index (χ4n) is 2.57. The molecular formula is C13H23NO4. The summed E-state index contributed by atoms with van der Waals surface area (Å²) in [4.78, 5) is 24.6. The number of hydrogen-bond donors (Lipinski definition) is 1. The van der Waals surface area contributed by atoms with Crippen molar-refractivity contribution in [3.8, 4) is 0 Å². The van der Waals surface area contributed by atoms with Gasteiger partial charge < -0.3 is 9.84 Å². The van der Waals surface area contributed by atoms with Crippen LogP contribution in [-0.2, 0) is 9.53 Å². The SMILES string of the molecule is CN(C(=O)OC(C)(C)C)C1(C(=O)O)CC(C)(C)C1. The van der Waals surface area contributed by atoms with E-state index < -0.39 is 23.2 Å². The fraction of sp³-hybridized carbons (Fsp3) is 0.846. The van der Waals surface area contributed by atoms with Crippen LogP contribution in [0.25, 0.3) is 0 Å². The number of ether oxygens (including phenoxy) is 1. The molecule has 0 heterocycles. The highest BCUT2D eigenvalue weighted by Crippen LogP contribution is 2.51. The smallest absolute Gasteiger partial charge is 0.410 e. The highest BCUT2D eigenvalue weighted by atomic mass is 16.6. The fourth-order valence-corrected chi connectivity index (χ4v) is 2.57. The van der Waals surface area contributed by atoms with Crippen molar-refractivity contribution in [1.82, 2.24) is 4.90 Å². The Bertz CT molecular complexity index is 360. The maximum Gasteiger partial charge on any atom is 0.410 e. The molecule has 1 rings (SSSR count). The summed E-state index contributed by atoms with van der Waals surface area (Å²) in [6, 6.07) is 0. The second-order valence-corrected chi connectivity index (χ2v) is 6.89. The van der Waals surface area contributed by atoms with Crippen LogP contribution in [-0.4, -0.2) is 40.3 Å². The van der Waals surface area contributed by atoms with E-state index in [9.17, 15) is 14.7 Å². The maximum atomic E-state index is 12.0. The van der Waals surface area contributed by atoms with Gasteiger partial charge in [-0.25, -0.2) is 9.59 Å². The molecule has 104 valence electrons. The number of likely N-dealkylation sites (N-methyl/N-ethyl adjacent to an activating group) is 1. The van der Waals surface area contributed by atoms with Crippen molar-refractivity contribution in [3.63, 3.8) is 0 Å². The lowest BCUT2D eigenvalue weighted by Gasteiger charge is -2.54. The summed E-state index contributed by atoms with van der Waals surface area (Å²) in [5.74, 6) is -0.963. The zero-order valence-electron chi connectivity index (χ0n) is 12.0. The zero-order valence-corrected chi connectivity index (χ0v) is 12.0. The van der Waals surface area contributed by atoms with Crippen LogP contribution in [0, 0.1) is 5.41 Å². The second kappa shape index (κ2) is 4.14. The monoisotopic (exact) mass is 257 g/mol. The third-order valence-electron chi connectivity index (χ3n) is 3.25. The first-order valence-corrected chi connectivity index (χ1v) is 6.10. The third-order valence-corrected chi connectivity index (χ3v) is 3.25. The van der Waals surface area contributed by atoms with Crippen LogP contribution >= 0.6 is 0 Å². The molecule has 0 atom stereocenters. The summed E-state index contributed by atoms with van der Waals surface area (Å²) < 4.78 is 5.22. The van der Waals surface area contributed by atoms with E-state index >= 15 is 0 Å². The average Bonchev–Trinajstić information content (AvgIpc) is 2.08. The first-order valence-electron chi connectivity index (χ1n) is 6.10. The average molecular weight is 257 g/mol. The summed E-state index contributed by atoms with van der Waals surface area (Å²) >= 11 is 0. The number of hydrogen-bond acceptors (Lipinski definition) is 3. The van der Waals surface area contributed by atoms with Crippen LogP contribution in [0.5, 0.6) is 0 Å². The van der Waals surface area contributed by atoms with Crippen LogP contribution in [0.15, 0.2) is 0 Å². The Kier molecular flexibility index (Phi) is 3.40. The number of carboxylic acids is 1. The summed E-state index contributed by atoms with van der Waals surface area (Å²) in [6.07, 6.45) is 0.316. The minimum atomic E-state index is -1.12. The van der Waals surface area contributed by atoms with Gasteiger partial charge in [0.2, 0.25) is 0 Å². The van der Waals surface area contributed by atoms with Crippen LogP contribution < -0.4 is 0 Å². The molecule has 5 heteroatoms. The van der Waals surface area contributed by atoms with Gasteiger partial charge in [-0.05, 0) is 39.0 Å². The van der Waals surface area contributed by atoms with Gasteiger partial charge in [0, 0.05) is 7.05 Å². The van der Waals surface area contributed by atoms with Gasteiger partial charge >= 0.3 is 12.1 Å². The van der Waals surface area contributed by atoms with Gasteiger partial charge in [0.1, 0.15) is 11.1 Å². The summed E-state index contributed by atoms with van der Waals surface area (Å²) in [5, 5.41) is 9.38. The van der Waals surface area contributed by atoms with Crippen molar-refractivity contribution >= 4 is 12.1 Å². The Morgan fingerprint density at radius 2 is 1.67 bits per heavy atom. The molecule has 1 aliphatic rings. The molecular weight excluding hydrogens is 234 g/mol. The van der Waals surface area contributed by atoms with E-state index in [1.807, 2.05) is 13.8 Å². The van der Waals surface area contributed by atoms with E-state index in [0.717, 1.165) is 0 Å². The quantitative estimate of drug-likeness (QED) is 0.825. The summed E-state index contributed by atoms with van der Waals surface area (Å²) in [6.45, 7) is 9.28. The Hall–Kier alpha value is -1.26. The Morgan fingerprint density at radius 3 is 1.94 bits per heavy atom. The van der Waals surface area contributed by atoms with E-state index in [-0.39, 0.29) is 5.41 Å². The number of carbonyl (C=O) groups excluding carboxylic acids is 1. The Balaban J connectivity index is 2.84. The normalized spacial score (nSPS) is 20.8. The molecule has 1 saturated carbocycles. The van der Waals surface area contributed by atoms with E-state index in [0.29, 0.717) is 12.8 Å². The number of carbonyl (C=O) groups is 2. The maximum absolute atomic E-state index is 12.0. The minimum Gasteiger partial charge on any atom is -0.479 e. The van der Waals surface area contributed by atoms with Crippen molar-refractivity contribution in [1.29, 1.82) is 0 Å². The standard InChI is InChI=1S/C13H23NO4/c1-11(2,3)18-10(17)14(6)13(9(15)16)7-12(4,5)8-13/h7-8H2,1-6H3,(H,15,16). The molecule has 1 aliphatic carbocycles. The number of aliphatic carboxylic acids is 1. The predicted octanol–water partition coefficient (Wildman–Crippen LogP) is 2.50. The van der Waals surface area contributed by atoms with Gasteiger partial charge in [0.05, 0.1) is 0 Å². The topological polar surface area (TPSA) is 66.8 Å². The van der Waals surface area contributed by atoms with Gasteiger partial charge in [-0.3, -0.25) is 4.90 Å². The predicted molar refractivity (Wildman–Crippen MR) is 67.4 cm³/mol. The molecule has 1 fully saturated rings. The molecule has 0 bridgehead atoms.